The molecule has 0 amide bonds. The van der Waals surface area contributed by atoms with Gasteiger partial charge in [-0.1, -0.05) is 83.3 Å². The van der Waals surface area contributed by atoms with E-state index in [1.807, 2.05) is 42.5 Å². The van der Waals surface area contributed by atoms with Crippen LogP contribution in [0.4, 0.5) is 0 Å². The lowest BCUT2D eigenvalue weighted by atomic mass is 9.93. The molecule has 5 aromatic rings. The van der Waals surface area contributed by atoms with Gasteiger partial charge in [-0.25, -0.2) is 0 Å². The predicted octanol–water partition coefficient (Wildman–Crippen LogP) is 7.37. The predicted molar refractivity (Wildman–Crippen MR) is 200 cm³/mol. The number of halogens is 3. The highest BCUT2D eigenvalue weighted by molar-refractivity contribution is 6.38. The lowest BCUT2D eigenvalue weighted by Crippen LogP contribution is -2.52. The molecule has 0 aliphatic carbocycles. The maximum Gasteiger partial charge on any atom is 0.326 e. The van der Waals surface area contributed by atoms with E-state index in [0.29, 0.717) is 32.3 Å². The van der Waals surface area contributed by atoms with Crippen LogP contribution in [0.15, 0.2) is 79.1 Å². The zero-order valence-corrected chi connectivity index (χ0v) is 30.3. The number of benzene rings is 3. The maximum atomic E-state index is 11.8. The van der Waals surface area contributed by atoms with Crippen LogP contribution in [0, 0.1) is 11.3 Å². The molecular weight excluding hydrogens is 725 g/mol. The van der Waals surface area contributed by atoms with Crippen molar-refractivity contribution in [3.05, 3.63) is 128 Å². The van der Waals surface area contributed by atoms with Gasteiger partial charge in [-0.2, -0.15) is 10.2 Å². The van der Waals surface area contributed by atoms with Crippen molar-refractivity contribution in [2.45, 2.75) is 45.2 Å². The number of carboxylic acid groups (broad SMARTS) is 1. The van der Waals surface area contributed by atoms with Gasteiger partial charge in [-0.3, -0.25) is 15.1 Å². The number of pyridine rings is 2. The van der Waals surface area contributed by atoms with Gasteiger partial charge < -0.3 is 25.0 Å². The molecule has 0 radical (unpaired) electrons. The first kappa shape index (κ1) is 37.0. The molecule has 1 aliphatic rings. The minimum Gasteiger partial charge on any atom is -0.480 e. The Morgan fingerprint density at radius 1 is 0.942 bits per heavy atom. The van der Waals surface area contributed by atoms with Crippen molar-refractivity contribution in [1.29, 1.82) is 5.26 Å². The molecule has 0 saturated carbocycles. The summed E-state index contributed by atoms with van der Waals surface area (Å²) < 4.78 is 12.1. The minimum atomic E-state index is -1.63. The Balaban J connectivity index is 1.26. The number of aliphatic hydroxyl groups is 1. The van der Waals surface area contributed by atoms with Crippen LogP contribution in [0.1, 0.15) is 40.3 Å². The summed E-state index contributed by atoms with van der Waals surface area (Å²) in [7, 11) is 0. The van der Waals surface area contributed by atoms with E-state index in [-0.39, 0.29) is 36.5 Å². The summed E-state index contributed by atoms with van der Waals surface area (Å²) in [4.78, 5) is 20.4. The van der Waals surface area contributed by atoms with Crippen molar-refractivity contribution in [2.75, 3.05) is 13.2 Å². The number of nitriles is 1. The molecule has 1 aliphatic heterocycles. The van der Waals surface area contributed by atoms with Crippen LogP contribution in [-0.2, 0) is 37.5 Å². The zero-order chi connectivity index (χ0) is 36.8. The van der Waals surface area contributed by atoms with Crippen molar-refractivity contribution in [3.63, 3.8) is 0 Å². The van der Waals surface area contributed by atoms with Gasteiger partial charge in [0.2, 0.25) is 11.8 Å². The molecule has 13 heteroatoms. The molecule has 3 aromatic carbocycles. The van der Waals surface area contributed by atoms with Crippen molar-refractivity contribution >= 4 is 40.8 Å². The second-order valence-electron chi connectivity index (χ2n) is 12.5. The van der Waals surface area contributed by atoms with Crippen molar-refractivity contribution < 1.29 is 24.5 Å². The van der Waals surface area contributed by atoms with E-state index in [1.54, 1.807) is 18.3 Å². The standard InChI is InChI=1S/C39H34Cl3N5O5/c1-39(22-48,38(49)50)46-19-29-14-33(40)37(47-36(29)51-20-24-12-23(15-43)16-45-17-24)52-21-27-4-2-6-31(34(27)41)32-7-3-5-30(35(32)42)26-9-8-25-10-11-44-18-28(25)13-26/h2-9,12-14,16-17,44,46,48H,10-11,18-22H2,1H3,(H,49,50). The van der Waals surface area contributed by atoms with E-state index in [2.05, 4.69) is 38.8 Å². The lowest BCUT2D eigenvalue weighted by molar-refractivity contribution is -0.145. The second-order valence-corrected chi connectivity index (χ2v) is 13.7. The highest BCUT2D eigenvalue weighted by Crippen LogP contribution is 2.41. The van der Waals surface area contributed by atoms with Gasteiger partial charge in [-0.05, 0) is 54.8 Å². The molecule has 6 rings (SSSR count). The van der Waals surface area contributed by atoms with Crippen LogP contribution in [0.2, 0.25) is 15.1 Å². The van der Waals surface area contributed by atoms with E-state index in [9.17, 15) is 20.3 Å². The number of rotatable bonds is 13. The van der Waals surface area contributed by atoms with Gasteiger partial charge >= 0.3 is 5.97 Å². The number of nitrogens with one attached hydrogen (secondary N) is 2. The maximum absolute atomic E-state index is 11.8. The van der Waals surface area contributed by atoms with Gasteiger partial charge in [-0.15, -0.1) is 0 Å². The van der Waals surface area contributed by atoms with Crippen molar-refractivity contribution in [1.82, 2.24) is 20.6 Å². The Labute approximate surface area is 315 Å². The average Bonchev–Trinajstić information content (AvgIpc) is 3.16. The van der Waals surface area contributed by atoms with E-state index in [0.717, 1.165) is 41.8 Å². The molecule has 0 spiro atoms. The summed E-state index contributed by atoms with van der Waals surface area (Å²) >= 11 is 20.7. The fourth-order valence-electron chi connectivity index (χ4n) is 5.77. The number of aliphatic carboxylic acids is 1. The van der Waals surface area contributed by atoms with Gasteiger partial charge in [0.15, 0.2) is 0 Å². The lowest BCUT2D eigenvalue weighted by Gasteiger charge is -2.24. The average molecular weight is 759 g/mol. The van der Waals surface area contributed by atoms with Gasteiger partial charge in [0, 0.05) is 58.9 Å². The summed E-state index contributed by atoms with van der Waals surface area (Å²) in [5.41, 5.74) is 6.45. The molecule has 0 bridgehead atoms. The number of carboxylic acids is 1. The largest absolute Gasteiger partial charge is 0.480 e. The molecule has 10 nitrogen and oxygen atoms in total. The first-order valence-corrected chi connectivity index (χ1v) is 17.5. The van der Waals surface area contributed by atoms with Crippen LogP contribution in [0.5, 0.6) is 11.8 Å². The summed E-state index contributed by atoms with van der Waals surface area (Å²) in [6.45, 7) is 2.43. The van der Waals surface area contributed by atoms with E-state index in [1.165, 1.54) is 24.2 Å². The second kappa shape index (κ2) is 16.3. The number of hydrogen-bond donors (Lipinski definition) is 4. The zero-order valence-electron chi connectivity index (χ0n) is 28.1. The summed E-state index contributed by atoms with van der Waals surface area (Å²) in [6.07, 6.45) is 3.99. The van der Waals surface area contributed by atoms with Crippen LogP contribution in [-0.4, -0.2) is 44.8 Å². The van der Waals surface area contributed by atoms with Gasteiger partial charge in [0.25, 0.3) is 0 Å². The summed E-state index contributed by atoms with van der Waals surface area (Å²) in [5, 5.41) is 36.0. The van der Waals surface area contributed by atoms with Crippen molar-refractivity contribution in [3.8, 4) is 40.1 Å². The van der Waals surface area contributed by atoms with E-state index >= 15 is 0 Å². The topological polar surface area (TPSA) is 150 Å². The number of nitrogens with zero attached hydrogens (tertiary/aromatic N) is 3. The molecule has 2 aromatic heterocycles. The fraction of sp³-hybridized carbons (Fsp3) is 0.231. The Morgan fingerprint density at radius 2 is 1.69 bits per heavy atom. The molecule has 52 heavy (non-hydrogen) atoms. The monoisotopic (exact) mass is 757 g/mol. The van der Waals surface area contributed by atoms with Gasteiger partial charge in [0.05, 0.1) is 22.2 Å². The molecule has 0 fully saturated rings. The third kappa shape index (κ3) is 8.16. The third-order valence-electron chi connectivity index (χ3n) is 8.88. The SMILES string of the molecule is CC(CO)(NCc1cc(Cl)c(OCc2cccc(-c3cccc(-c4ccc5c(c4)CNCC5)c3Cl)c2Cl)nc1OCc1cncc(C#N)c1)C(=O)O. The first-order chi connectivity index (χ1) is 25.1. The number of fused-ring (bicyclic) bond motifs is 1. The highest BCUT2D eigenvalue weighted by Gasteiger charge is 2.32. The molecule has 3 heterocycles. The van der Waals surface area contributed by atoms with Crippen LogP contribution < -0.4 is 20.1 Å². The van der Waals surface area contributed by atoms with E-state index in [4.69, 9.17) is 44.3 Å². The molecule has 4 N–H and O–H groups in total. The molecule has 266 valence electrons. The first-order valence-electron chi connectivity index (χ1n) is 16.4. The molecule has 1 atom stereocenters. The third-order valence-corrected chi connectivity index (χ3v) is 10.00. The van der Waals surface area contributed by atoms with Crippen LogP contribution in [0.25, 0.3) is 22.3 Å². The summed E-state index contributed by atoms with van der Waals surface area (Å²) in [5.74, 6) is -1.09. The smallest absolute Gasteiger partial charge is 0.326 e. The molecule has 1 unspecified atom stereocenters. The summed E-state index contributed by atoms with van der Waals surface area (Å²) in [6, 6.07) is 23.2. The Morgan fingerprint density at radius 3 is 2.46 bits per heavy atom. The fourth-order valence-corrected chi connectivity index (χ4v) is 6.62. The Kier molecular flexibility index (Phi) is 11.6. The number of hydrogen-bond acceptors (Lipinski definition) is 9. The quantitative estimate of drug-likeness (QED) is 0.0959. The van der Waals surface area contributed by atoms with E-state index < -0.39 is 18.1 Å². The molecule has 0 saturated heterocycles. The minimum absolute atomic E-state index is 0.00128. The number of aliphatic hydroxyl groups excluding tert-OH is 1. The number of carbonyl (C=O) groups is 1. The Hall–Kier alpha value is -4.73. The van der Waals surface area contributed by atoms with Crippen LogP contribution in [0.3, 0.4) is 0 Å². The van der Waals surface area contributed by atoms with Crippen molar-refractivity contribution in [2.24, 2.45) is 0 Å². The number of ether oxygens (including phenoxy) is 2. The Bertz CT molecular complexity index is 2180. The number of aromatic nitrogens is 2. The van der Waals surface area contributed by atoms with Gasteiger partial charge in [0.1, 0.15) is 29.8 Å². The van der Waals surface area contributed by atoms with Crippen LogP contribution >= 0.6 is 34.8 Å². The highest BCUT2D eigenvalue weighted by atomic mass is 35.5. The molecular formula is C39H34Cl3N5O5. The normalized spacial score (nSPS) is 13.5.